The molecule has 2 aliphatic rings. The molecule has 0 bridgehead atoms. The summed E-state index contributed by atoms with van der Waals surface area (Å²) in [6.45, 7) is 0. The third kappa shape index (κ3) is 1.91. The van der Waals surface area contributed by atoms with Crippen molar-refractivity contribution in [3.05, 3.63) is 59.9 Å². The van der Waals surface area contributed by atoms with E-state index in [0.29, 0.717) is 5.92 Å². The molecule has 0 N–H and O–H groups in total. The van der Waals surface area contributed by atoms with Crippen molar-refractivity contribution in [2.24, 2.45) is 10.9 Å². The number of rotatable bonds is 2. The molecule has 1 heterocycles. The molecule has 2 heteroatoms. The molecular weight excluding hydrogens is 210 g/mol. The number of allylic oxidation sites excluding steroid dienone is 1. The number of hydrogen-bond acceptors (Lipinski definition) is 2. The Bertz CT molecular complexity index is 499. The van der Waals surface area contributed by atoms with E-state index < -0.39 is 0 Å². The number of fused-ring (bicyclic) bond motifs is 1. The Labute approximate surface area is 101 Å². The van der Waals surface area contributed by atoms with Crippen LogP contribution < -0.4 is 0 Å². The summed E-state index contributed by atoms with van der Waals surface area (Å²) in [6, 6.07) is 10.7. The lowest BCUT2D eigenvalue weighted by Gasteiger charge is -2.15. The van der Waals surface area contributed by atoms with E-state index >= 15 is 0 Å². The molecule has 2 atom stereocenters. The lowest BCUT2D eigenvalue weighted by molar-refractivity contribution is 0.300. The molecule has 1 aromatic rings. The Balaban J connectivity index is 1.88. The second kappa shape index (κ2) is 4.21. The second-order valence-corrected chi connectivity index (χ2v) is 4.43. The van der Waals surface area contributed by atoms with Gasteiger partial charge in [-0.15, -0.1) is 0 Å². The highest BCUT2D eigenvalue weighted by Crippen LogP contribution is 2.30. The van der Waals surface area contributed by atoms with Crippen molar-refractivity contribution in [2.45, 2.75) is 12.5 Å². The first-order valence-corrected chi connectivity index (χ1v) is 5.93. The Hall–Kier alpha value is -1.83. The van der Waals surface area contributed by atoms with Crippen molar-refractivity contribution < 1.29 is 4.74 Å². The zero-order valence-corrected chi connectivity index (χ0v) is 9.84. The maximum Gasteiger partial charge on any atom is 0.116 e. The minimum Gasteiger partial charge on any atom is -0.497 e. The highest BCUT2D eigenvalue weighted by molar-refractivity contribution is 6.02. The summed E-state index contributed by atoms with van der Waals surface area (Å²) in [6.07, 6.45) is 7.40. The molecule has 0 saturated heterocycles. The van der Waals surface area contributed by atoms with E-state index in [9.17, 15) is 0 Å². The molecular formula is C15H15NO. The summed E-state index contributed by atoms with van der Waals surface area (Å²) in [5, 5.41) is 0. The van der Waals surface area contributed by atoms with Gasteiger partial charge in [0.1, 0.15) is 5.76 Å². The fourth-order valence-corrected chi connectivity index (χ4v) is 2.42. The lowest BCUT2D eigenvalue weighted by atomic mass is 9.92. The van der Waals surface area contributed by atoms with E-state index in [2.05, 4.69) is 36.4 Å². The molecule has 17 heavy (non-hydrogen) atoms. The van der Waals surface area contributed by atoms with Gasteiger partial charge in [0.2, 0.25) is 0 Å². The summed E-state index contributed by atoms with van der Waals surface area (Å²) in [4.78, 5) is 4.79. The van der Waals surface area contributed by atoms with Crippen molar-refractivity contribution in [3.63, 3.8) is 0 Å². The molecule has 1 aromatic carbocycles. The molecule has 0 radical (unpaired) electrons. The van der Waals surface area contributed by atoms with Crippen LogP contribution in [0.4, 0.5) is 0 Å². The van der Waals surface area contributed by atoms with Crippen LogP contribution in [0.1, 0.15) is 12.0 Å². The maximum atomic E-state index is 5.25. The summed E-state index contributed by atoms with van der Waals surface area (Å²) in [7, 11) is 1.70. The van der Waals surface area contributed by atoms with Crippen LogP contribution in [0.15, 0.2) is 59.3 Å². The Morgan fingerprint density at radius 2 is 2.06 bits per heavy atom. The predicted molar refractivity (Wildman–Crippen MR) is 69.1 cm³/mol. The number of methoxy groups -OCH3 is 1. The van der Waals surface area contributed by atoms with Crippen LogP contribution in [0.25, 0.3) is 0 Å². The van der Waals surface area contributed by atoms with E-state index in [0.717, 1.165) is 12.2 Å². The van der Waals surface area contributed by atoms with Gasteiger partial charge in [-0.3, -0.25) is 4.99 Å². The van der Waals surface area contributed by atoms with Gasteiger partial charge in [0, 0.05) is 11.6 Å². The number of benzene rings is 1. The number of ether oxygens (including phenoxy) is 1. The molecule has 0 unspecified atom stereocenters. The van der Waals surface area contributed by atoms with Gasteiger partial charge in [-0.2, -0.15) is 0 Å². The Morgan fingerprint density at radius 3 is 2.82 bits per heavy atom. The van der Waals surface area contributed by atoms with Gasteiger partial charge in [0.05, 0.1) is 13.2 Å². The van der Waals surface area contributed by atoms with E-state index in [4.69, 9.17) is 9.73 Å². The largest absolute Gasteiger partial charge is 0.497 e. The summed E-state index contributed by atoms with van der Waals surface area (Å²) in [5.41, 5.74) is 2.45. The highest BCUT2D eigenvalue weighted by atomic mass is 16.5. The molecule has 2 nitrogen and oxygen atoms in total. The molecule has 3 rings (SSSR count). The van der Waals surface area contributed by atoms with Crippen LogP contribution in [-0.2, 0) is 4.74 Å². The van der Waals surface area contributed by atoms with E-state index in [1.54, 1.807) is 7.11 Å². The SMILES string of the molecule is COC1=C[C@@H]2N=C(c3ccccc3)C[C@H]2C=C1. The van der Waals surface area contributed by atoms with E-state index in [1.807, 2.05) is 12.1 Å². The molecule has 0 amide bonds. The first kappa shape index (κ1) is 10.3. The minimum absolute atomic E-state index is 0.255. The summed E-state index contributed by atoms with van der Waals surface area (Å²) in [5.74, 6) is 1.42. The minimum atomic E-state index is 0.255. The van der Waals surface area contributed by atoms with Crippen molar-refractivity contribution in [3.8, 4) is 0 Å². The van der Waals surface area contributed by atoms with Gasteiger partial charge in [0.25, 0.3) is 0 Å². The van der Waals surface area contributed by atoms with Crippen LogP contribution in [-0.4, -0.2) is 18.9 Å². The molecule has 1 aliphatic heterocycles. The smallest absolute Gasteiger partial charge is 0.116 e. The normalized spacial score (nSPS) is 26.2. The standard InChI is InChI=1S/C15H15NO/c1-17-13-8-7-12-9-14(16-15(12)10-13)11-5-3-2-4-6-11/h2-8,10,12,15H,9H2,1H3/t12-,15+/m1/s1. The number of hydrogen-bond donors (Lipinski definition) is 0. The molecule has 86 valence electrons. The van der Waals surface area contributed by atoms with E-state index in [-0.39, 0.29) is 6.04 Å². The average Bonchev–Trinajstić information content (AvgIpc) is 2.82. The van der Waals surface area contributed by atoms with Crippen LogP contribution in [0, 0.1) is 5.92 Å². The molecule has 0 saturated carbocycles. The van der Waals surface area contributed by atoms with Gasteiger partial charge >= 0.3 is 0 Å². The molecule has 0 fully saturated rings. The van der Waals surface area contributed by atoms with Gasteiger partial charge in [-0.25, -0.2) is 0 Å². The topological polar surface area (TPSA) is 21.6 Å². The Morgan fingerprint density at radius 1 is 1.24 bits per heavy atom. The average molecular weight is 225 g/mol. The zero-order valence-electron chi connectivity index (χ0n) is 9.84. The third-order valence-electron chi connectivity index (χ3n) is 3.36. The molecule has 0 spiro atoms. The lowest BCUT2D eigenvalue weighted by Crippen LogP contribution is -2.13. The van der Waals surface area contributed by atoms with Crippen LogP contribution in [0.2, 0.25) is 0 Å². The van der Waals surface area contributed by atoms with Gasteiger partial charge in [0.15, 0.2) is 0 Å². The monoisotopic (exact) mass is 225 g/mol. The second-order valence-electron chi connectivity index (χ2n) is 4.43. The van der Waals surface area contributed by atoms with E-state index in [1.165, 1.54) is 11.3 Å². The fourth-order valence-electron chi connectivity index (χ4n) is 2.42. The van der Waals surface area contributed by atoms with Gasteiger partial charge in [-0.05, 0) is 24.1 Å². The quantitative estimate of drug-likeness (QED) is 0.758. The van der Waals surface area contributed by atoms with Crippen molar-refractivity contribution in [2.75, 3.05) is 7.11 Å². The number of aliphatic imine (C=N–C) groups is 1. The summed E-state index contributed by atoms with van der Waals surface area (Å²) >= 11 is 0. The van der Waals surface area contributed by atoms with Gasteiger partial charge in [-0.1, -0.05) is 36.4 Å². The van der Waals surface area contributed by atoms with Crippen molar-refractivity contribution in [1.82, 2.24) is 0 Å². The molecule has 0 aromatic heterocycles. The number of nitrogens with zero attached hydrogens (tertiary/aromatic N) is 1. The van der Waals surface area contributed by atoms with Crippen molar-refractivity contribution in [1.29, 1.82) is 0 Å². The first-order valence-electron chi connectivity index (χ1n) is 5.93. The molecule has 1 aliphatic carbocycles. The highest BCUT2D eigenvalue weighted by Gasteiger charge is 2.28. The van der Waals surface area contributed by atoms with Gasteiger partial charge < -0.3 is 4.74 Å². The van der Waals surface area contributed by atoms with Crippen LogP contribution >= 0.6 is 0 Å². The maximum absolute atomic E-state index is 5.25. The summed E-state index contributed by atoms with van der Waals surface area (Å²) < 4.78 is 5.25. The van der Waals surface area contributed by atoms with Crippen LogP contribution in [0.5, 0.6) is 0 Å². The third-order valence-corrected chi connectivity index (χ3v) is 3.36. The zero-order chi connectivity index (χ0) is 11.7. The Kier molecular flexibility index (Phi) is 2.56. The van der Waals surface area contributed by atoms with Crippen molar-refractivity contribution >= 4 is 5.71 Å². The fraction of sp³-hybridized carbons (Fsp3) is 0.267. The van der Waals surface area contributed by atoms with Crippen LogP contribution in [0.3, 0.4) is 0 Å². The first-order chi connectivity index (χ1) is 8.36. The predicted octanol–water partition coefficient (Wildman–Crippen LogP) is 2.96.